The summed E-state index contributed by atoms with van der Waals surface area (Å²) in [6, 6.07) is 17.4. The fourth-order valence-electron chi connectivity index (χ4n) is 2.74. The Labute approximate surface area is 169 Å². The Morgan fingerprint density at radius 2 is 1.90 bits per heavy atom. The largest absolute Gasteiger partial charge is 0.293 e. The Bertz CT molecular complexity index is 1220. The van der Waals surface area contributed by atoms with E-state index in [2.05, 4.69) is 15.3 Å². The van der Waals surface area contributed by atoms with Crippen LogP contribution in [-0.2, 0) is 0 Å². The maximum atomic E-state index is 12.4. The van der Waals surface area contributed by atoms with Gasteiger partial charge in [-0.15, -0.1) is 10.2 Å². The van der Waals surface area contributed by atoms with Crippen molar-refractivity contribution in [1.29, 1.82) is 0 Å². The van der Waals surface area contributed by atoms with Crippen LogP contribution in [0.3, 0.4) is 0 Å². The molecule has 0 radical (unpaired) electrons. The summed E-state index contributed by atoms with van der Waals surface area (Å²) in [5, 5.41) is 24.2. The highest BCUT2D eigenvalue weighted by atomic mass is 32.2. The summed E-state index contributed by atoms with van der Waals surface area (Å²) in [5.74, 6) is -0.163. The van der Waals surface area contributed by atoms with Crippen LogP contribution in [0.2, 0.25) is 0 Å². The lowest BCUT2D eigenvalue weighted by molar-refractivity contribution is -0.384. The number of thioether (sulfide) groups is 1. The highest BCUT2D eigenvalue weighted by molar-refractivity contribution is 7.99. The Balaban J connectivity index is 1.56. The number of nitrogens with zero attached hydrogens (tertiary/aromatic N) is 5. The highest BCUT2D eigenvalue weighted by Gasteiger charge is 2.15. The first-order chi connectivity index (χ1) is 14.0. The van der Waals surface area contributed by atoms with Gasteiger partial charge in [-0.05, 0) is 19.1 Å². The Kier molecular flexibility index (Phi) is 5.05. The fraction of sp³-hybridized carbons (Fsp3) is 0.100. The summed E-state index contributed by atoms with van der Waals surface area (Å²) in [6.45, 7) is 2.02. The Hall–Kier alpha value is -3.59. The molecule has 9 heteroatoms. The molecule has 0 bridgehead atoms. The fourth-order valence-corrected chi connectivity index (χ4v) is 3.53. The molecule has 0 saturated carbocycles. The van der Waals surface area contributed by atoms with Crippen LogP contribution in [0.15, 0.2) is 65.8 Å². The molecule has 2 aromatic carbocycles. The summed E-state index contributed by atoms with van der Waals surface area (Å²) in [4.78, 5) is 22.8. The number of nitro groups is 1. The van der Waals surface area contributed by atoms with Gasteiger partial charge in [0.25, 0.3) is 5.69 Å². The van der Waals surface area contributed by atoms with E-state index in [-0.39, 0.29) is 22.8 Å². The van der Waals surface area contributed by atoms with Gasteiger partial charge in [-0.3, -0.25) is 14.9 Å². The minimum Gasteiger partial charge on any atom is -0.293 e. The molecule has 0 unspecified atom stereocenters. The number of fused-ring (bicyclic) bond motifs is 1. The van der Waals surface area contributed by atoms with Crippen LogP contribution in [0.4, 0.5) is 5.69 Å². The molecule has 0 fully saturated rings. The third kappa shape index (κ3) is 3.99. The second-order valence-corrected chi connectivity index (χ2v) is 7.30. The number of aryl methyl sites for hydroxylation is 1. The zero-order chi connectivity index (χ0) is 20.4. The van der Waals surface area contributed by atoms with Crippen LogP contribution in [0.1, 0.15) is 15.9 Å². The van der Waals surface area contributed by atoms with Gasteiger partial charge in [0.2, 0.25) is 5.16 Å². The van der Waals surface area contributed by atoms with Crippen LogP contribution >= 0.6 is 11.8 Å². The third-order valence-electron chi connectivity index (χ3n) is 4.29. The number of benzene rings is 2. The van der Waals surface area contributed by atoms with E-state index >= 15 is 0 Å². The first-order valence-electron chi connectivity index (χ1n) is 8.71. The molecule has 2 aromatic heterocycles. The van der Waals surface area contributed by atoms with E-state index in [1.165, 1.54) is 30.0 Å². The predicted octanol–water partition coefficient (Wildman–Crippen LogP) is 3.98. The van der Waals surface area contributed by atoms with Gasteiger partial charge in [0.05, 0.1) is 16.4 Å². The van der Waals surface area contributed by atoms with Gasteiger partial charge in [0.15, 0.2) is 11.4 Å². The molecule has 2 heterocycles. The molecule has 0 atom stereocenters. The molecular weight excluding hydrogens is 390 g/mol. The second kappa shape index (κ2) is 7.80. The van der Waals surface area contributed by atoms with Crippen LogP contribution in [0, 0.1) is 17.0 Å². The van der Waals surface area contributed by atoms with E-state index < -0.39 is 4.92 Å². The molecule has 0 saturated heterocycles. The predicted molar refractivity (Wildman–Crippen MR) is 109 cm³/mol. The third-order valence-corrected chi connectivity index (χ3v) is 5.21. The van der Waals surface area contributed by atoms with E-state index in [1.807, 2.05) is 43.3 Å². The number of ketones is 1. The van der Waals surface area contributed by atoms with Crippen molar-refractivity contribution in [2.45, 2.75) is 12.1 Å². The van der Waals surface area contributed by atoms with Crippen molar-refractivity contribution in [2.75, 3.05) is 5.75 Å². The van der Waals surface area contributed by atoms with E-state index in [9.17, 15) is 14.9 Å². The van der Waals surface area contributed by atoms with E-state index in [0.29, 0.717) is 10.8 Å². The molecule has 144 valence electrons. The molecule has 0 aliphatic heterocycles. The lowest BCUT2D eigenvalue weighted by atomic mass is 10.1. The van der Waals surface area contributed by atoms with Gasteiger partial charge >= 0.3 is 0 Å². The quantitative estimate of drug-likeness (QED) is 0.207. The van der Waals surface area contributed by atoms with Crippen molar-refractivity contribution < 1.29 is 9.72 Å². The zero-order valence-electron chi connectivity index (χ0n) is 15.3. The average molecular weight is 405 g/mol. The SMILES string of the molecule is Cc1ccc(-c2ccc3nnc(SCC(=O)c4cccc([N+](=O)[O-])c4)n3n2)cc1. The standard InChI is InChI=1S/C20H15N5O3S/c1-13-5-7-14(8-6-13)17-9-10-19-21-22-20(24(19)23-17)29-12-18(26)15-3-2-4-16(11-15)25(27)28/h2-11H,12H2,1H3. The lowest BCUT2D eigenvalue weighted by Crippen LogP contribution is -2.04. The second-order valence-electron chi connectivity index (χ2n) is 6.36. The van der Waals surface area contributed by atoms with E-state index in [4.69, 9.17) is 0 Å². The molecule has 4 rings (SSSR count). The van der Waals surface area contributed by atoms with Crippen molar-refractivity contribution in [3.05, 3.63) is 81.9 Å². The lowest BCUT2D eigenvalue weighted by Gasteiger charge is -2.04. The number of rotatable bonds is 6. The number of carbonyl (C=O) groups is 1. The topological polar surface area (TPSA) is 103 Å². The smallest absolute Gasteiger partial charge is 0.270 e. The summed E-state index contributed by atoms with van der Waals surface area (Å²) in [7, 11) is 0. The van der Waals surface area contributed by atoms with E-state index in [0.717, 1.165) is 16.8 Å². The molecule has 0 amide bonds. The van der Waals surface area contributed by atoms with Gasteiger partial charge in [-0.2, -0.15) is 9.61 Å². The van der Waals surface area contributed by atoms with Crippen molar-refractivity contribution >= 4 is 28.9 Å². The zero-order valence-corrected chi connectivity index (χ0v) is 16.2. The van der Waals surface area contributed by atoms with Crippen LogP contribution in [0.5, 0.6) is 0 Å². The van der Waals surface area contributed by atoms with Crippen molar-refractivity contribution in [1.82, 2.24) is 19.8 Å². The minimum absolute atomic E-state index is 0.0679. The number of non-ortho nitro benzene ring substituents is 1. The molecule has 8 nitrogen and oxygen atoms in total. The summed E-state index contributed by atoms with van der Waals surface area (Å²) in [5.41, 5.74) is 3.65. The Morgan fingerprint density at radius 1 is 1.10 bits per heavy atom. The minimum atomic E-state index is -0.521. The number of aromatic nitrogens is 4. The average Bonchev–Trinajstić information content (AvgIpc) is 3.15. The van der Waals surface area contributed by atoms with Crippen LogP contribution < -0.4 is 0 Å². The Morgan fingerprint density at radius 3 is 2.66 bits per heavy atom. The molecule has 0 aliphatic carbocycles. The summed E-state index contributed by atoms with van der Waals surface area (Å²) >= 11 is 1.19. The number of hydrogen-bond acceptors (Lipinski definition) is 7. The number of hydrogen-bond donors (Lipinski definition) is 0. The number of nitro benzene ring substituents is 1. The van der Waals surface area contributed by atoms with E-state index in [1.54, 1.807) is 10.6 Å². The van der Waals surface area contributed by atoms with Gasteiger partial charge < -0.3 is 0 Å². The first kappa shape index (κ1) is 18.8. The van der Waals surface area contributed by atoms with Gasteiger partial charge in [0.1, 0.15) is 0 Å². The van der Waals surface area contributed by atoms with Crippen molar-refractivity contribution in [3.63, 3.8) is 0 Å². The molecule has 0 spiro atoms. The molecule has 0 aliphatic rings. The van der Waals surface area contributed by atoms with Gasteiger partial charge in [-0.1, -0.05) is 53.7 Å². The number of Topliss-reactive ketones (excluding diaryl/α,β-unsaturated/α-hetero) is 1. The maximum Gasteiger partial charge on any atom is 0.270 e. The summed E-state index contributed by atoms with van der Waals surface area (Å²) < 4.78 is 1.60. The molecular formula is C20H15N5O3S. The van der Waals surface area contributed by atoms with Crippen LogP contribution in [0.25, 0.3) is 16.9 Å². The monoisotopic (exact) mass is 405 g/mol. The molecule has 29 heavy (non-hydrogen) atoms. The first-order valence-corrected chi connectivity index (χ1v) is 9.70. The van der Waals surface area contributed by atoms with Crippen molar-refractivity contribution in [2.24, 2.45) is 0 Å². The maximum absolute atomic E-state index is 12.4. The molecule has 0 N–H and O–H groups in total. The highest BCUT2D eigenvalue weighted by Crippen LogP contribution is 2.22. The number of carbonyl (C=O) groups excluding carboxylic acids is 1. The van der Waals surface area contributed by atoms with Gasteiger partial charge in [0, 0.05) is 23.3 Å². The van der Waals surface area contributed by atoms with Crippen molar-refractivity contribution in [3.8, 4) is 11.3 Å². The van der Waals surface area contributed by atoms with Gasteiger partial charge in [-0.25, -0.2) is 0 Å². The van der Waals surface area contributed by atoms with Crippen LogP contribution in [-0.4, -0.2) is 36.3 Å². The summed E-state index contributed by atoms with van der Waals surface area (Å²) in [6.07, 6.45) is 0. The molecule has 4 aromatic rings. The normalized spacial score (nSPS) is 10.9.